The van der Waals surface area contributed by atoms with Crippen LogP contribution in [0, 0.1) is 29.3 Å². The Balaban J connectivity index is 2.31. The van der Waals surface area contributed by atoms with Crippen LogP contribution in [0.5, 0.6) is 0 Å². The fourth-order valence-electron chi connectivity index (χ4n) is 2.60. The van der Waals surface area contributed by atoms with E-state index in [1.165, 1.54) is 0 Å². The van der Waals surface area contributed by atoms with Crippen LogP contribution in [-0.2, 0) is 0 Å². The first-order valence-corrected chi connectivity index (χ1v) is 6.92. The molecule has 1 aliphatic carbocycles. The van der Waals surface area contributed by atoms with Gasteiger partial charge in [-0.3, -0.25) is 0 Å². The maximum absolute atomic E-state index is 13.9. The summed E-state index contributed by atoms with van der Waals surface area (Å²) in [4.78, 5) is 0. The first-order chi connectivity index (χ1) is 9.04. The Morgan fingerprint density at radius 3 is 2.26 bits per heavy atom. The largest absolute Gasteiger partial charge is 0.310 e. The lowest BCUT2D eigenvalue weighted by Crippen LogP contribution is -2.30. The predicted octanol–water partition coefficient (Wildman–Crippen LogP) is 4.19. The van der Waals surface area contributed by atoms with E-state index in [9.17, 15) is 13.2 Å². The van der Waals surface area contributed by atoms with Gasteiger partial charge in [0.25, 0.3) is 0 Å². The topological polar surface area (TPSA) is 12.0 Å². The van der Waals surface area contributed by atoms with E-state index in [4.69, 9.17) is 0 Å². The molecule has 2 atom stereocenters. The molecule has 0 heterocycles. The zero-order valence-electron chi connectivity index (χ0n) is 11.3. The van der Waals surface area contributed by atoms with Gasteiger partial charge in [0.05, 0.1) is 0 Å². The molecule has 1 N–H and O–H groups in total. The van der Waals surface area contributed by atoms with Crippen LogP contribution in [-0.4, -0.2) is 6.54 Å². The Bertz CT molecular complexity index is 420. The average molecular weight is 271 g/mol. The lowest BCUT2D eigenvalue weighted by molar-refractivity contribution is 0.328. The Morgan fingerprint density at radius 1 is 1.21 bits per heavy atom. The number of benzene rings is 1. The van der Waals surface area contributed by atoms with Gasteiger partial charge in [0.1, 0.15) is 17.5 Å². The second kappa shape index (κ2) is 5.95. The Kier molecular flexibility index (Phi) is 4.50. The van der Waals surface area contributed by atoms with Gasteiger partial charge in [0.2, 0.25) is 0 Å². The van der Waals surface area contributed by atoms with E-state index in [1.54, 1.807) is 0 Å². The van der Waals surface area contributed by atoms with Crippen molar-refractivity contribution in [2.24, 2.45) is 11.8 Å². The molecule has 1 aromatic carbocycles. The van der Waals surface area contributed by atoms with E-state index in [1.807, 2.05) is 13.8 Å². The van der Waals surface area contributed by atoms with Crippen molar-refractivity contribution in [1.29, 1.82) is 0 Å². The molecule has 0 radical (unpaired) electrons. The second-order valence-electron chi connectivity index (χ2n) is 5.41. The molecule has 0 spiro atoms. The molecule has 4 heteroatoms. The highest BCUT2D eigenvalue weighted by atomic mass is 19.1. The third-order valence-corrected chi connectivity index (χ3v) is 3.86. The van der Waals surface area contributed by atoms with Crippen LogP contribution < -0.4 is 5.32 Å². The minimum Gasteiger partial charge on any atom is -0.310 e. The molecule has 1 aromatic rings. The molecule has 1 nitrogen and oxygen atoms in total. The van der Waals surface area contributed by atoms with Gasteiger partial charge in [-0.25, -0.2) is 13.2 Å². The van der Waals surface area contributed by atoms with Crippen LogP contribution in [0.15, 0.2) is 12.1 Å². The zero-order chi connectivity index (χ0) is 14.0. The van der Waals surface area contributed by atoms with E-state index in [0.717, 1.165) is 31.4 Å². The summed E-state index contributed by atoms with van der Waals surface area (Å²) >= 11 is 0. The predicted molar refractivity (Wildman–Crippen MR) is 69.2 cm³/mol. The summed E-state index contributed by atoms with van der Waals surface area (Å²) in [6.45, 7) is 4.70. The molecule has 106 valence electrons. The van der Waals surface area contributed by atoms with Gasteiger partial charge in [0.15, 0.2) is 0 Å². The van der Waals surface area contributed by atoms with E-state index in [2.05, 4.69) is 5.32 Å². The van der Waals surface area contributed by atoms with Crippen molar-refractivity contribution in [2.45, 2.75) is 39.2 Å². The van der Waals surface area contributed by atoms with Gasteiger partial charge in [-0.05, 0) is 37.6 Å². The number of hydrogen-bond acceptors (Lipinski definition) is 1. The van der Waals surface area contributed by atoms with Crippen molar-refractivity contribution in [3.05, 3.63) is 35.1 Å². The molecule has 0 bridgehead atoms. The van der Waals surface area contributed by atoms with Gasteiger partial charge in [-0.15, -0.1) is 0 Å². The normalized spacial score (nSPS) is 18.4. The SMILES string of the molecule is CCCNC(c1c(F)cc(F)cc1F)C(C)C1CC1. The molecule has 0 aromatic heterocycles. The van der Waals surface area contributed by atoms with Gasteiger partial charge in [-0.1, -0.05) is 13.8 Å². The highest BCUT2D eigenvalue weighted by Crippen LogP contribution is 2.43. The lowest BCUT2D eigenvalue weighted by Gasteiger charge is -2.26. The van der Waals surface area contributed by atoms with Gasteiger partial charge < -0.3 is 5.32 Å². The summed E-state index contributed by atoms with van der Waals surface area (Å²) in [7, 11) is 0. The molecular weight excluding hydrogens is 251 g/mol. The summed E-state index contributed by atoms with van der Waals surface area (Å²) in [5.74, 6) is -1.79. The van der Waals surface area contributed by atoms with Crippen LogP contribution >= 0.6 is 0 Å². The molecule has 1 aliphatic rings. The third-order valence-electron chi connectivity index (χ3n) is 3.86. The van der Waals surface area contributed by atoms with Crippen LogP contribution in [0.1, 0.15) is 44.7 Å². The Morgan fingerprint density at radius 2 is 1.79 bits per heavy atom. The fourth-order valence-corrected chi connectivity index (χ4v) is 2.60. The monoisotopic (exact) mass is 271 g/mol. The van der Waals surface area contributed by atoms with Gasteiger partial charge >= 0.3 is 0 Å². The third kappa shape index (κ3) is 3.30. The van der Waals surface area contributed by atoms with Crippen LogP contribution in [0.4, 0.5) is 13.2 Å². The minimum absolute atomic E-state index is 0.0192. The fraction of sp³-hybridized carbons (Fsp3) is 0.600. The highest BCUT2D eigenvalue weighted by molar-refractivity contribution is 5.25. The molecule has 0 aliphatic heterocycles. The first kappa shape index (κ1) is 14.4. The van der Waals surface area contributed by atoms with E-state index in [-0.39, 0.29) is 17.5 Å². The molecular formula is C15H20F3N. The van der Waals surface area contributed by atoms with Crippen LogP contribution in [0.25, 0.3) is 0 Å². The van der Waals surface area contributed by atoms with Crippen LogP contribution in [0.3, 0.4) is 0 Å². The van der Waals surface area contributed by atoms with Crippen molar-refractivity contribution >= 4 is 0 Å². The molecule has 1 fully saturated rings. The molecule has 19 heavy (non-hydrogen) atoms. The summed E-state index contributed by atoms with van der Waals surface area (Å²) < 4.78 is 40.8. The van der Waals surface area contributed by atoms with E-state index in [0.29, 0.717) is 12.5 Å². The molecule has 2 unspecified atom stereocenters. The zero-order valence-corrected chi connectivity index (χ0v) is 11.3. The maximum Gasteiger partial charge on any atom is 0.133 e. The van der Waals surface area contributed by atoms with Crippen molar-refractivity contribution in [3.8, 4) is 0 Å². The quantitative estimate of drug-likeness (QED) is 0.818. The summed E-state index contributed by atoms with van der Waals surface area (Å²) in [5.41, 5.74) is -0.0192. The highest BCUT2D eigenvalue weighted by Gasteiger charge is 2.36. The summed E-state index contributed by atoms with van der Waals surface area (Å²) in [6, 6.07) is 1.14. The average Bonchev–Trinajstić information content (AvgIpc) is 3.15. The number of halogens is 3. The number of hydrogen-bond donors (Lipinski definition) is 1. The minimum atomic E-state index is -0.868. The summed E-state index contributed by atoms with van der Waals surface area (Å²) in [6.07, 6.45) is 3.10. The Hall–Kier alpha value is -1.03. The smallest absolute Gasteiger partial charge is 0.133 e. The second-order valence-corrected chi connectivity index (χ2v) is 5.41. The van der Waals surface area contributed by atoms with Crippen molar-refractivity contribution < 1.29 is 13.2 Å². The molecule has 0 amide bonds. The van der Waals surface area contributed by atoms with Gasteiger partial charge in [-0.2, -0.15) is 0 Å². The summed E-state index contributed by atoms with van der Waals surface area (Å²) in [5, 5.41) is 3.21. The maximum atomic E-state index is 13.9. The van der Waals surface area contributed by atoms with Gasteiger partial charge in [0, 0.05) is 23.7 Å². The number of rotatable bonds is 6. The lowest BCUT2D eigenvalue weighted by atomic mass is 9.89. The number of nitrogens with one attached hydrogen (secondary N) is 1. The molecule has 2 rings (SSSR count). The van der Waals surface area contributed by atoms with E-state index >= 15 is 0 Å². The molecule has 0 saturated heterocycles. The Labute approximate surface area is 112 Å². The first-order valence-electron chi connectivity index (χ1n) is 6.92. The van der Waals surface area contributed by atoms with Crippen molar-refractivity contribution in [1.82, 2.24) is 5.32 Å². The molecule has 1 saturated carbocycles. The van der Waals surface area contributed by atoms with Crippen LogP contribution in [0.2, 0.25) is 0 Å². The van der Waals surface area contributed by atoms with E-state index < -0.39 is 17.5 Å². The standard InChI is InChI=1S/C15H20F3N/c1-3-6-19-15(9(2)10-4-5-10)14-12(17)7-11(16)8-13(14)18/h7-10,15,19H,3-6H2,1-2H3. The van der Waals surface area contributed by atoms with Crippen molar-refractivity contribution in [2.75, 3.05) is 6.54 Å². The van der Waals surface area contributed by atoms with Crippen molar-refractivity contribution in [3.63, 3.8) is 0 Å².